The summed E-state index contributed by atoms with van der Waals surface area (Å²) in [5.74, 6) is 1.01. The molecule has 0 saturated heterocycles. The van der Waals surface area contributed by atoms with Crippen molar-refractivity contribution >= 4 is 5.82 Å². The van der Waals surface area contributed by atoms with Crippen molar-refractivity contribution in [1.29, 1.82) is 0 Å². The molecule has 3 heteroatoms. The van der Waals surface area contributed by atoms with Gasteiger partial charge in [-0.05, 0) is 38.6 Å². The van der Waals surface area contributed by atoms with Crippen LogP contribution in [-0.2, 0) is 6.54 Å². The second kappa shape index (κ2) is 5.66. The second-order valence-corrected chi connectivity index (χ2v) is 4.32. The van der Waals surface area contributed by atoms with Gasteiger partial charge in [-0.15, -0.1) is 0 Å². The number of hydrogen-bond donors (Lipinski definition) is 1. The van der Waals surface area contributed by atoms with Crippen molar-refractivity contribution in [3.8, 4) is 0 Å². The fourth-order valence-corrected chi connectivity index (χ4v) is 1.71. The molecule has 0 atom stereocenters. The van der Waals surface area contributed by atoms with Gasteiger partial charge in [-0.25, -0.2) is 4.98 Å². The number of anilines is 1. The molecular formula is C13H21N3. The first-order valence-corrected chi connectivity index (χ1v) is 5.50. The highest BCUT2D eigenvalue weighted by Gasteiger charge is 2.05. The zero-order valence-corrected chi connectivity index (χ0v) is 10.7. The van der Waals surface area contributed by atoms with E-state index < -0.39 is 0 Å². The van der Waals surface area contributed by atoms with E-state index in [9.17, 15) is 0 Å². The number of nitrogens with one attached hydrogen (secondary N) is 1. The maximum absolute atomic E-state index is 4.53. The normalized spacial score (nSPS) is 10.2. The fourth-order valence-electron chi connectivity index (χ4n) is 1.71. The van der Waals surface area contributed by atoms with Crippen LogP contribution in [0.5, 0.6) is 0 Å². The van der Waals surface area contributed by atoms with Gasteiger partial charge in [0.05, 0.1) is 0 Å². The quantitative estimate of drug-likeness (QED) is 0.769. The summed E-state index contributed by atoms with van der Waals surface area (Å²) in [5.41, 5.74) is 3.45. The molecular weight excluding hydrogens is 198 g/mol. The highest BCUT2D eigenvalue weighted by molar-refractivity contribution is 5.43. The third-order valence-corrected chi connectivity index (χ3v) is 2.28. The van der Waals surface area contributed by atoms with Gasteiger partial charge in [0.15, 0.2) is 0 Å². The van der Waals surface area contributed by atoms with Crippen LogP contribution < -0.4 is 10.2 Å². The van der Waals surface area contributed by atoms with E-state index in [4.69, 9.17) is 0 Å². The van der Waals surface area contributed by atoms with Crippen LogP contribution in [0.15, 0.2) is 24.3 Å². The van der Waals surface area contributed by atoms with E-state index in [0.717, 1.165) is 30.2 Å². The van der Waals surface area contributed by atoms with Crippen molar-refractivity contribution < 1.29 is 0 Å². The molecule has 1 aromatic rings. The molecule has 1 aromatic heterocycles. The average Bonchev–Trinajstić information content (AvgIpc) is 2.16. The van der Waals surface area contributed by atoms with Crippen molar-refractivity contribution in [1.82, 2.24) is 10.3 Å². The smallest absolute Gasteiger partial charge is 0.129 e. The Morgan fingerprint density at radius 2 is 2.19 bits per heavy atom. The van der Waals surface area contributed by atoms with Crippen LogP contribution in [0.2, 0.25) is 0 Å². The van der Waals surface area contributed by atoms with E-state index in [1.165, 1.54) is 5.56 Å². The first-order valence-electron chi connectivity index (χ1n) is 5.50. The minimum atomic E-state index is 0.843. The van der Waals surface area contributed by atoms with Gasteiger partial charge in [-0.1, -0.05) is 12.2 Å². The number of hydrogen-bond acceptors (Lipinski definition) is 3. The standard InChI is InChI=1S/C13H21N3/c1-10(2)9-16(5)13-7-12(8-14-4)6-11(3)15-13/h6-7,14H,1,8-9H2,2-5H3. The summed E-state index contributed by atoms with van der Waals surface area (Å²) in [6, 6.07) is 4.22. The van der Waals surface area contributed by atoms with Crippen LogP contribution in [-0.4, -0.2) is 25.6 Å². The predicted molar refractivity (Wildman–Crippen MR) is 69.8 cm³/mol. The van der Waals surface area contributed by atoms with E-state index in [2.05, 4.69) is 33.9 Å². The molecule has 1 N–H and O–H groups in total. The van der Waals surface area contributed by atoms with Gasteiger partial charge >= 0.3 is 0 Å². The highest BCUT2D eigenvalue weighted by atomic mass is 15.2. The summed E-state index contributed by atoms with van der Waals surface area (Å²) in [4.78, 5) is 6.65. The Bertz CT molecular complexity index is 371. The maximum Gasteiger partial charge on any atom is 0.129 e. The molecule has 16 heavy (non-hydrogen) atoms. The minimum Gasteiger partial charge on any atom is -0.356 e. The molecule has 0 spiro atoms. The monoisotopic (exact) mass is 219 g/mol. The Balaban J connectivity index is 2.90. The van der Waals surface area contributed by atoms with Crippen LogP contribution in [0.25, 0.3) is 0 Å². The first-order chi connectivity index (χ1) is 7.52. The number of likely N-dealkylation sites (N-methyl/N-ethyl adjacent to an activating group) is 1. The molecule has 0 unspecified atom stereocenters. The van der Waals surface area contributed by atoms with E-state index in [1.54, 1.807) is 0 Å². The largest absolute Gasteiger partial charge is 0.356 e. The SMILES string of the molecule is C=C(C)CN(C)c1cc(CNC)cc(C)n1. The topological polar surface area (TPSA) is 28.2 Å². The molecule has 0 aliphatic rings. The van der Waals surface area contributed by atoms with Gasteiger partial charge in [-0.2, -0.15) is 0 Å². The lowest BCUT2D eigenvalue weighted by molar-refractivity contribution is 0.811. The van der Waals surface area contributed by atoms with E-state index in [0.29, 0.717) is 0 Å². The van der Waals surface area contributed by atoms with Gasteiger partial charge < -0.3 is 10.2 Å². The van der Waals surface area contributed by atoms with Gasteiger partial charge in [0.1, 0.15) is 5.82 Å². The fraction of sp³-hybridized carbons (Fsp3) is 0.462. The second-order valence-electron chi connectivity index (χ2n) is 4.32. The Morgan fingerprint density at radius 1 is 1.50 bits per heavy atom. The third-order valence-electron chi connectivity index (χ3n) is 2.28. The van der Waals surface area contributed by atoms with E-state index in [-0.39, 0.29) is 0 Å². The predicted octanol–water partition coefficient (Wildman–Crippen LogP) is 2.12. The molecule has 88 valence electrons. The number of rotatable bonds is 5. The Labute approximate surface area is 98.2 Å². The molecule has 0 amide bonds. The molecule has 0 aliphatic heterocycles. The lowest BCUT2D eigenvalue weighted by Gasteiger charge is -2.19. The zero-order valence-electron chi connectivity index (χ0n) is 10.7. The minimum absolute atomic E-state index is 0.843. The maximum atomic E-state index is 4.53. The van der Waals surface area contributed by atoms with Crippen LogP contribution in [0.3, 0.4) is 0 Å². The zero-order chi connectivity index (χ0) is 12.1. The van der Waals surface area contributed by atoms with E-state index in [1.807, 2.05) is 27.9 Å². The summed E-state index contributed by atoms with van der Waals surface area (Å²) in [7, 11) is 3.99. The van der Waals surface area contributed by atoms with Crippen molar-refractivity contribution in [2.45, 2.75) is 20.4 Å². The summed E-state index contributed by atoms with van der Waals surface area (Å²) in [5, 5.41) is 3.15. The molecule has 0 fully saturated rings. The van der Waals surface area contributed by atoms with Crippen molar-refractivity contribution in [3.05, 3.63) is 35.5 Å². The molecule has 1 heterocycles. The summed E-state index contributed by atoms with van der Waals surface area (Å²) in [6.45, 7) is 9.69. The summed E-state index contributed by atoms with van der Waals surface area (Å²) >= 11 is 0. The van der Waals surface area contributed by atoms with Gasteiger partial charge in [0.2, 0.25) is 0 Å². The van der Waals surface area contributed by atoms with Crippen molar-refractivity contribution in [2.24, 2.45) is 0 Å². The number of aromatic nitrogens is 1. The number of pyridine rings is 1. The van der Waals surface area contributed by atoms with Gasteiger partial charge in [0.25, 0.3) is 0 Å². The molecule has 0 aliphatic carbocycles. The number of aryl methyl sites for hydroxylation is 1. The molecule has 1 rings (SSSR count). The van der Waals surface area contributed by atoms with Crippen LogP contribution in [0.4, 0.5) is 5.82 Å². The first kappa shape index (κ1) is 12.7. The molecule has 3 nitrogen and oxygen atoms in total. The Kier molecular flexibility index (Phi) is 4.50. The molecule has 0 saturated carbocycles. The summed E-state index contributed by atoms with van der Waals surface area (Å²) in [6.07, 6.45) is 0. The van der Waals surface area contributed by atoms with Crippen LogP contribution in [0.1, 0.15) is 18.2 Å². The van der Waals surface area contributed by atoms with Crippen LogP contribution >= 0.6 is 0 Å². The number of nitrogens with zero attached hydrogens (tertiary/aromatic N) is 2. The molecule has 0 aromatic carbocycles. The lowest BCUT2D eigenvalue weighted by atomic mass is 10.2. The van der Waals surface area contributed by atoms with Crippen LogP contribution in [0, 0.1) is 6.92 Å². The lowest BCUT2D eigenvalue weighted by Crippen LogP contribution is -2.21. The average molecular weight is 219 g/mol. The molecule has 0 bridgehead atoms. The van der Waals surface area contributed by atoms with E-state index >= 15 is 0 Å². The Hall–Kier alpha value is -1.35. The third kappa shape index (κ3) is 3.66. The van der Waals surface area contributed by atoms with Crippen molar-refractivity contribution in [2.75, 3.05) is 25.5 Å². The van der Waals surface area contributed by atoms with Gasteiger partial charge in [0, 0.05) is 25.8 Å². The highest BCUT2D eigenvalue weighted by Crippen LogP contribution is 2.14. The molecule has 0 radical (unpaired) electrons. The Morgan fingerprint density at radius 3 is 2.75 bits per heavy atom. The summed E-state index contributed by atoms with van der Waals surface area (Å²) < 4.78 is 0. The van der Waals surface area contributed by atoms with Crippen molar-refractivity contribution in [3.63, 3.8) is 0 Å². The van der Waals surface area contributed by atoms with Gasteiger partial charge in [-0.3, -0.25) is 0 Å².